The maximum Gasteiger partial charge on any atom is 0.261 e. The van der Waals surface area contributed by atoms with Crippen LogP contribution in [0.1, 0.15) is 6.42 Å². The summed E-state index contributed by atoms with van der Waals surface area (Å²) in [6, 6.07) is 18.8. The van der Waals surface area contributed by atoms with Crippen LogP contribution in [0.3, 0.4) is 0 Å². The molecule has 6 nitrogen and oxygen atoms in total. The van der Waals surface area contributed by atoms with Gasteiger partial charge in [0.05, 0.1) is 25.1 Å². The Morgan fingerprint density at radius 1 is 0.906 bits per heavy atom. The summed E-state index contributed by atoms with van der Waals surface area (Å²) in [7, 11) is 3.25. The van der Waals surface area contributed by atoms with Crippen LogP contribution in [-0.4, -0.2) is 30.3 Å². The minimum absolute atomic E-state index is 0.100. The number of benzene rings is 3. The molecule has 0 unspecified atom stereocenters. The Balaban J connectivity index is 1.81. The van der Waals surface area contributed by atoms with Crippen molar-refractivity contribution in [1.29, 1.82) is 0 Å². The van der Waals surface area contributed by atoms with Crippen molar-refractivity contribution < 1.29 is 9.47 Å². The van der Waals surface area contributed by atoms with Gasteiger partial charge in [-0.2, -0.15) is 0 Å². The van der Waals surface area contributed by atoms with Gasteiger partial charge in [0, 0.05) is 23.2 Å². The number of halogens is 1. The van der Waals surface area contributed by atoms with E-state index in [2.05, 4.69) is 0 Å². The average molecular weight is 450 g/mol. The summed E-state index contributed by atoms with van der Waals surface area (Å²) in [6.07, 6.45) is 0.676. The van der Waals surface area contributed by atoms with Crippen molar-refractivity contribution >= 4 is 22.5 Å². The number of fused-ring (bicyclic) bond motifs is 1. The fraction of sp³-hybridized carbons (Fsp3) is 0.200. The van der Waals surface area contributed by atoms with Crippen LogP contribution in [0.15, 0.2) is 65.5 Å². The van der Waals surface area contributed by atoms with Crippen LogP contribution in [0.5, 0.6) is 11.5 Å². The Labute approximate surface area is 191 Å². The molecule has 0 saturated heterocycles. The van der Waals surface area contributed by atoms with Gasteiger partial charge in [-0.1, -0.05) is 35.9 Å². The molecule has 164 valence electrons. The van der Waals surface area contributed by atoms with Crippen LogP contribution in [0.2, 0.25) is 5.02 Å². The second kappa shape index (κ2) is 9.42. The molecule has 0 bridgehead atoms. The molecule has 0 aliphatic carbocycles. The Kier molecular flexibility index (Phi) is 6.44. The third-order valence-corrected chi connectivity index (χ3v) is 5.57. The van der Waals surface area contributed by atoms with E-state index in [1.165, 1.54) is 0 Å². The summed E-state index contributed by atoms with van der Waals surface area (Å²) in [5.41, 5.74) is 8.97. The molecule has 32 heavy (non-hydrogen) atoms. The van der Waals surface area contributed by atoms with Crippen LogP contribution >= 0.6 is 11.6 Å². The molecule has 4 rings (SSSR count). The molecular weight excluding hydrogens is 426 g/mol. The number of ether oxygens (including phenoxy) is 2. The van der Waals surface area contributed by atoms with Gasteiger partial charge in [0.15, 0.2) is 0 Å². The van der Waals surface area contributed by atoms with Crippen molar-refractivity contribution in [1.82, 2.24) is 9.55 Å². The van der Waals surface area contributed by atoms with Gasteiger partial charge in [-0.15, -0.1) is 0 Å². The molecule has 2 N–H and O–H groups in total. The van der Waals surface area contributed by atoms with Gasteiger partial charge in [0.2, 0.25) is 0 Å². The minimum Gasteiger partial charge on any atom is -0.497 e. The van der Waals surface area contributed by atoms with Gasteiger partial charge in [-0.25, -0.2) is 4.98 Å². The van der Waals surface area contributed by atoms with Crippen molar-refractivity contribution in [2.75, 3.05) is 20.8 Å². The average Bonchev–Trinajstić information content (AvgIpc) is 2.83. The number of rotatable bonds is 7. The number of nitrogens with two attached hydrogens (primary N) is 1. The molecule has 4 aromatic rings. The normalized spacial score (nSPS) is 11.0. The van der Waals surface area contributed by atoms with E-state index in [1.54, 1.807) is 37.0 Å². The lowest BCUT2D eigenvalue weighted by molar-refractivity contribution is 0.394. The van der Waals surface area contributed by atoms with Gasteiger partial charge in [0.25, 0.3) is 5.56 Å². The first-order chi connectivity index (χ1) is 15.5. The monoisotopic (exact) mass is 449 g/mol. The lowest BCUT2D eigenvalue weighted by atomic mass is 10.0. The van der Waals surface area contributed by atoms with Gasteiger partial charge in [0.1, 0.15) is 17.3 Å². The number of hydrogen-bond donors (Lipinski definition) is 1. The zero-order valence-electron chi connectivity index (χ0n) is 18.0. The highest BCUT2D eigenvalue weighted by Gasteiger charge is 2.14. The van der Waals surface area contributed by atoms with E-state index < -0.39 is 0 Å². The van der Waals surface area contributed by atoms with E-state index >= 15 is 0 Å². The zero-order valence-corrected chi connectivity index (χ0v) is 18.7. The molecule has 0 aliphatic rings. The third kappa shape index (κ3) is 4.33. The second-order valence-electron chi connectivity index (χ2n) is 7.37. The Hall–Kier alpha value is -3.35. The van der Waals surface area contributed by atoms with Crippen LogP contribution in [0.25, 0.3) is 33.4 Å². The summed E-state index contributed by atoms with van der Waals surface area (Å²) in [5, 5.41) is 1.08. The molecule has 7 heteroatoms. The molecule has 0 saturated carbocycles. The standard InChI is InChI=1S/C25H24ClN3O3/c1-31-20-12-18(13-21(15-20)32-2)16-4-6-17(7-5-16)24-28-23-14-19(26)8-9-22(23)25(30)29(24)11-3-10-27/h4-9,12-15H,3,10-11,27H2,1-2H3. The van der Waals surface area contributed by atoms with E-state index in [9.17, 15) is 4.79 Å². The molecule has 3 aromatic carbocycles. The minimum atomic E-state index is -0.100. The summed E-state index contributed by atoms with van der Waals surface area (Å²) >= 11 is 6.14. The Morgan fingerprint density at radius 2 is 1.56 bits per heavy atom. The lowest BCUT2D eigenvalue weighted by Gasteiger charge is -2.14. The largest absolute Gasteiger partial charge is 0.497 e. The molecule has 1 heterocycles. The highest BCUT2D eigenvalue weighted by atomic mass is 35.5. The fourth-order valence-corrected chi connectivity index (χ4v) is 3.82. The molecule has 0 atom stereocenters. The van der Waals surface area contributed by atoms with Gasteiger partial charge >= 0.3 is 0 Å². The van der Waals surface area contributed by atoms with E-state index in [0.717, 1.165) is 16.7 Å². The van der Waals surface area contributed by atoms with Gasteiger partial charge in [-0.3, -0.25) is 9.36 Å². The highest BCUT2D eigenvalue weighted by Crippen LogP contribution is 2.31. The lowest BCUT2D eigenvalue weighted by Crippen LogP contribution is -2.24. The van der Waals surface area contributed by atoms with Crippen molar-refractivity contribution in [3.05, 3.63) is 76.0 Å². The smallest absolute Gasteiger partial charge is 0.261 e. The summed E-state index contributed by atoms with van der Waals surface area (Å²) in [6.45, 7) is 0.978. The van der Waals surface area contributed by atoms with Crippen LogP contribution in [0, 0.1) is 0 Å². The van der Waals surface area contributed by atoms with Gasteiger partial charge < -0.3 is 15.2 Å². The van der Waals surface area contributed by atoms with Crippen molar-refractivity contribution in [2.45, 2.75) is 13.0 Å². The molecule has 0 aliphatic heterocycles. The molecule has 0 spiro atoms. The maximum absolute atomic E-state index is 13.2. The predicted molar refractivity (Wildman–Crippen MR) is 129 cm³/mol. The first kappa shape index (κ1) is 21.9. The quantitative estimate of drug-likeness (QED) is 0.440. The zero-order chi connectivity index (χ0) is 22.7. The molecular formula is C25H24ClN3O3. The number of aromatic nitrogens is 2. The van der Waals surface area contributed by atoms with Crippen molar-refractivity contribution in [2.24, 2.45) is 5.73 Å². The van der Waals surface area contributed by atoms with Crippen LogP contribution < -0.4 is 20.8 Å². The van der Waals surface area contributed by atoms with Crippen LogP contribution in [0.4, 0.5) is 0 Å². The predicted octanol–water partition coefficient (Wildman–Crippen LogP) is 4.75. The Morgan fingerprint density at radius 3 is 2.19 bits per heavy atom. The van der Waals surface area contributed by atoms with E-state index in [-0.39, 0.29) is 5.56 Å². The van der Waals surface area contributed by atoms with E-state index in [0.29, 0.717) is 52.8 Å². The number of methoxy groups -OCH3 is 2. The molecule has 1 aromatic heterocycles. The first-order valence-corrected chi connectivity index (χ1v) is 10.7. The van der Waals surface area contributed by atoms with Crippen LogP contribution in [-0.2, 0) is 6.54 Å². The second-order valence-corrected chi connectivity index (χ2v) is 7.81. The first-order valence-electron chi connectivity index (χ1n) is 10.3. The molecule has 0 amide bonds. The summed E-state index contributed by atoms with van der Waals surface area (Å²) < 4.78 is 12.4. The van der Waals surface area contributed by atoms with E-state index in [4.69, 9.17) is 31.8 Å². The molecule has 0 fully saturated rings. The summed E-state index contributed by atoms with van der Waals surface area (Å²) in [5.74, 6) is 2.02. The number of nitrogens with zero attached hydrogens (tertiary/aromatic N) is 2. The SMILES string of the molecule is COc1cc(OC)cc(-c2ccc(-c3nc4cc(Cl)ccc4c(=O)n3CCCN)cc2)c1. The fourth-order valence-electron chi connectivity index (χ4n) is 3.66. The third-order valence-electron chi connectivity index (χ3n) is 5.33. The van der Waals surface area contributed by atoms with Gasteiger partial charge in [-0.05, 0) is 54.4 Å². The topological polar surface area (TPSA) is 79.4 Å². The highest BCUT2D eigenvalue weighted by molar-refractivity contribution is 6.31. The van der Waals surface area contributed by atoms with Crippen molar-refractivity contribution in [3.63, 3.8) is 0 Å². The van der Waals surface area contributed by atoms with E-state index in [1.807, 2.05) is 42.5 Å². The number of hydrogen-bond acceptors (Lipinski definition) is 5. The maximum atomic E-state index is 13.2. The Bertz CT molecular complexity index is 1290. The molecule has 0 radical (unpaired) electrons. The van der Waals surface area contributed by atoms with Crippen molar-refractivity contribution in [3.8, 4) is 34.0 Å². The summed E-state index contributed by atoms with van der Waals surface area (Å²) in [4.78, 5) is 18.0.